The normalized spacial score (nSPS) is 10.2. The van der Waals surface area contributed by atoms with Crippen molar-refractivity contribution in [3.63, 3.8) is 0 Å². The maximum atomic E-state index is 11.7. The maximum absolute atomic E-state index is 11.7. The van der Waals surface area contributed by atoms with E-state index in [0.717, 1.165) is 0 Å². The third-order valence-electron chi connectivity index (χ3n) is 2.17. The van der Waals surface area contributed by atoms with Gasteiger partial charge in [-0.3, -0.25) is 9.59 Å². The summed E-state index contributed by atoms with van der Waals surface area (Å²) in [6, 6.07) is 6.95. The van der Waals surface area contributed by atoms with E-state index in [1.54, 1.807) is 24.3 Å². The van der Waals surface area contributed by atoms with Crippen LogP contribution in [0.15, 0.2) is 24.3 Å². The number of carbonyl (C=O) groups is 2. The van der Waals surface area contributed by atoms with Crippen molar-refractivity contribution in [3.05, 3.63) is 29.8 Å². The minimum absolute atomic E-state index is 0.0498. The van der Waals surface area contributed by atoms with Crippen LogP contribution >= 0.6 is 15.9 Å². The van der Waals surface area contributed by atoms with Gasteiger partial charge in [0, 0.05) is 29.0 Å². The summed E-state index contributed by atoms with van der Waals surface area (Å²) in [6.07, 6.45) is 0.426. The Morgan fingerprint density at radius 3 is 2.33 bits per heavy atom. The van der Waals surface area contributed by atoms with Crippen LogP contribution in [0.4, 0.5) is 5.69 Å². The van der Waals surface area contributed by atoms with Crippen LogP contribution in [0.25, 0.3) is 0 Å². The van der Waals surface area contributed by atoms with Crippen molar-refractivity contribution in [2.75, 3.05) is 10.6 Å². The van der Waals surface area contributed by atoms with Crippen molar-refractivity contribution in [1.29, 1.82) is 0 Å². The summed E-state index contributed by atoms with van der Waals surface area (Å²) < 4.78 is 0. The van der Waals surface area contributed by atoms with Crippen molar-refractivity contribution in [1.82, 2.24) is 5.32 Å². The van der Waals surface area contributed by atoms with Crippen LogP contribution in [0.1, 0.15) is 30.6 Å². The number of nitrogens with one attached hydrogen (secondary N) is 2. The second kappa shape index (κ2) is 7.16. The van der Waals surface area contributed by atoms with Gasteiger partial charge in [0.25, 0.3) is 5.91 Å². The molecule has 0 unspecified atom stereocenters. The van der Waals surface area contributed by atoms with Crippen molar-refractivity contribution in [2.24, 2.45) is 0 Å². The van der Waals surface area contributed by atoms with Gasteiger partial charge in [0.1, 0.15) is 0 Å². The Bertz CT molecular complexity index is 416. The highest BCUT2D eigenvalue weighted by Gasteiger charge is 2.07. The summed E-state index contributed by atoms with van der Waals surface area (Å²) in [4.78, 5) is 23.0. The van der Waals surface area contributed by atoms with Gasteiger partial charge in [-0.05, 0) is 38.1 Å². The first-order valence-corrected chi connectivity index (χ1v) is 6.92. The molecule has 4 nitrogen and oxygen atoms in total. The number of amides is 2. The number of hydrogen-bond donors (Lipinski definition) is 2. The van der Waals surface area contributed by atoms with Crippen LogP contribution in [-0.4, -0.2) is 23.2 Å². The highest BCUT2D eigenvalue weighted by atomic mass is 79.9. The lowest BCUT2D eigenvalue weighted by atomic mass is 10.2. The minimum Gasteiger partial charge on any atom is -0.350 e. The van der Waals surface area contributed by atoms with Gasteiger partial charge in [-0.15, -0.1) is 0 Å². The molecule has 5 heteroatoms. The molecule has 0 heterocycles. The predicted octanol–water partition coefficient (Wildman–Crippen LogP) is 2.55. The standard InChI is InChI=1S/C13H17BrN2O2/c1-9(2)15-13(18)10-3-5-11(6-4-10)16-12(17)7-8-14/h3-6,9H,7-8H2,1-2H3,(H,15,18)(H,16,17). The Balaban J connectivity index is 2.62. The largest absolute Gasteiger partial charge is 0.350 e. The quantitative estimate of drug-likeness (QED) is 0.821. The lowest BCUT2D eigenvalue weighted by Crippen LogP contribution is -2.30. The molecule has 2 N–H and O–H groups in total. The number of hydrogen-bond acceptors (Lipinski definition) is 2. The van der Waals surface area contributed by atoms with Crippen LogP contribution in [-0.2, 0) is 4.79 Å². The van der Waals surface area contributed by atoms with Crippen molar-refractivity contribution in [2.45, 2.75) is 26.3 Å². The molecule has 18 heavy (non-hydrogen) atoms. The van der Waals surface area contributed by atoms with Crippen LogP contribution < -0.4 is 10.6 Å². The van der Waals surface area contributed by atoms with E-state index in [0.29, 0.717) is 23.0 Å². The molecule has 2 amide bonds. The SMILES string of the molecule is CC(C)NC(=O)c1ccc(NC(=O)CCBr)cc1. The molecular weight excluding hydrogens is 296 g/mol. The van der Waals surface area contributed by atoms with E-state index in [-0.39, 0.29) is 17.9 Å². The molecule has 0 saturated carbocycles. The molecule has 0 bridgehead atoms. The van der Waals surface area contributed by atoms with E-state index < -0.39 is 0 Å². The molecule has 0 aliphatic rings. The third kappa shape index (κ3) is 4.87. The first-order chi connectivity index (χ1) is 8.52. The lowest BCUT2D eigenvalue weighted by Gasteiger charge is -2.09. The monoisotopic (exact) mass is 312 g/mol. The Morgan fingerprint density at radius 1 is 1.22 bits per heavy atom. The molecule has 0 fully saturated rings. The molecule has 1 rings (SSSR count). The molecule has 0 spiro atoms. The zero-order chi connectivity index (χ0) is 13.5. The van der Waals surface area contributed by atoms with Gasteiger partial charge in [-0.2, -0.15) is 0 Å². The molecule has 1 aromatic rings. The number of alkyl halides is 1. The summed E-state index contributed by atoms with van der Waals surface area (Å²) in [5.74, 6) is -0.158. The summed E-state index contributed by atoms with van der Waals surface area (Å²) in [6.45, 7) is 3.82. The zero-order valence-electron chi connectivity index (χ0n) is 10.5. The average Bonchev–Trinajstić information content (AvgIpc) is 2.29. The molecule has 0 saturated heterocycles. The third-order valence-corrected chi connectivity index (χ3v) is 2.57. The van der Waals surface area contributed by atoms with Gasteiger partial charge in [-0.1, -0.05) is 15.9 Å². The van der Waals surface area contributed by atoms with Crippen LogP contribution in [0.2, 0.25) is 0 Å². The Labute approximate surface area is 115 Å². The molecule has 0 aliphatic carbocycles. The van der Waals surface area contributed by atoms with Gasteiger partial charge >= 0.3 is 0 Å². The molecule has 98 valence electrons. The van der Waals surface area contributed by atoms with Crippen molar-refractivity contribution < 1.29 is 9.59 Å². The summed E-state index contributed by atoms with van der Waals surface area (Å²) in [5.41, 5.74) is 1.28. The van der Waals surface area contributed by atoms with Gasteiger partial charge in [0.15, 0.2) is 0 Å². The fourth-order valence-electron chi connectivity index (χ4n) is 1.36. The summed E-state index contributed by atoms with van der Waals surface area (Å²) >= 11 is 3.20. The van der Waals surface area contributed by atoms with Crippen LogP contribution in [0, 0.1) is 0 Å². The fourth-order valence-corrected chi connectivity index (χ4v) is 1.72. The molecule has 0 aliphatic heterocycles. The second-order valence-electron chi connectivity index (χ2n) is 4.19. The van der Waals surface area contributed by atoms with E-state index in [1.165, 1.54) is 0 Å². The van der Waals surface area contributed by atoms with Gasteiger partial charge in [0.05, 0.1) is 0 Å². The minimum atomic E-state index is -0.108. The molecule has 0 radical (unpaired) electrons. The Kier molecular flexibility index (Phi) is 5.85. The van der Waals surface area contributed by atoms with E-state index in [4.69, 9.17) is 0 Å². The number of anilines is 1. The molecule has 1 aromatic carbocycles. The molecule has 0 aromatic heterocycles. The predicted molar refractivity (Wildman–Crippen MR) is 76.1 cm³/mol. The maximum Gasteiger partial charge on any atom is 0.251 e. The summed E-state index contributed by atoms with van der Waals surface area (Å²) in [7, 11) is 0. The van der Waals surface area contributed by atoms with Gasteiger partial charge in [0.2, 0.25) is 5.91 Å². The fraction of sp³-hybridized carbons (Fsp3) is 0.385. The lowest BCUT2D eigenvalue weighted by molar-refractivity contribution is -0.115. The van der Waals surface area contributed by atoms with Crippen LogP contribution in [0.3, 0.4) is 0 Å². The van der Waals surface area contributed by atoms with E-state index in [9.17, 15) is 9.59 Å². The van der Waals surface area contributed by atoms with E-state index in [1.807, 2.05) is 13.8 Å². The van der Waals surface area contributed by atoms with E-state index in [2.05, 4.69) is 26.6 Å². The van der Waals surface area contributed by atoms with Crippen molar-refractivity contribution >= 4 is 33.4 Å². The smallest absolute Gasteiger partial charge is 0.251 e. The number of carbonyl (C=O) groups excluding carboxylic acids is 2. The van der Waals surface area contributed by atoms with Gasteiger partial charge < -0.3 is 10.6 Å². The number of rotatable bonds is 5. The number of benzene rings is 1. The Morgan fingerprint density at radius 2 is 1.83 bits per heavy atom. The molecular formula is C13H17BrN2O2. The average molecular weight is 313 g/mol. The highest BCUT2D eigenvalue weighted by Crippen LogP contribution is 2.10. The van der Waals surface area contributed by atoms with Gasteiger partial charge in [-0.25, -0.2) is 0 Å². The Hall–Kier alpha value is -1.36. The first kappa shape index (κ1) is 14.7. The van der Waals surface area contributed by atoms with Crippen molar-refractivity contribution in [3.8, 4) is 0 Å². The summed E-state index contributed by atoms with van der Waals surface area (Å²) in [5, 5.41) is 6.19. The van der Waals surface area contributed by atoms with E-state index >= 15 is 0 Å². The second-order valence-corrected chi connectivity index (χ2v) is 4.99. The number of halogens is 1. The van der Waals surface area contributed by atoms with Crippen LogP contribution in [0.5, 0.6) is 0 Å². The zero-order valence-corrected chi connectivity index (χ0v) is 12.1. The first-order valence-electron chi connectivity index (χ1n) is 5.79. The highest BCUT2D eigenvalue weighted by molar-refractivity contribution is 9.09. The molecule has 0 atom stereocenters. The topological polar surface area (TPSA) is 58.2 Å².